The number of alkyl halides is 3. The molecule has 1 aliphatic carbocycles. The van der Waals surface area contributed by atoms with E-state index in [1.165, 1.54) is 0 Å². The lowest BCUT2D eigenvalue weighted by Gasteiger charge is -2.30. The van der Waals surface area contributed by atoms with E-state index in [2.05, 4.69) is 0 Å². The highest BCUT2D eigenvalue weighted by Gasteiger charge is 2.32. The van der Waals surface area contributed by atoms with Gasteiger partial charge in [0.05, 0.1) is 0 Å². The average molecular weight is 185 g/mol. The quantitative estimate of drug-likeness (QED) is 0.509. The molecule has 1 rings (SSSR count). The van der Waals surface area contributed by atoms with Gasteiger partial charge in [0.2, 0.25) is 0 Å². The SMILES string of the molecule is CC1C(Cl)CC(F)CC1Cl. The Morgan fingerprint density at radius 1 is 1.20 bits per heavy atom. The molecule has 0 N–H and O–H groups in total. The molecule has 0 nitrogen and oxygen atoms in total. The largest absolute Gasteiger partial charge is 0.247 e. The van der Waals surface area contributed by atoms with E-state index < -0.39 is 6.17 Å². The molecule has 1 saturated carbocycles. The summed E-state index contributed by atoms with van der Waals surface area (Å²) in [5.74, 6) is 0.246. The van der Waals surface area contributed by atoms with Crippen LogP contribution in [0.25, 0.3) is 0 Å². The van der Waals surface area contributed by atoms with Crippen molar-refractivity contribution in [1.82, 2.24) is 0 Å². The van der Waals surface area contributed by atoms with Gasteiger partial charge in [-0.1, -0.05) is 6.92 Å². The topological polar surface area (TPSA) is 0 Å². The molecular weight excluding hydrogens is 174 g/mol. The number of rotatable bonds is 0. The van der Waals surface area contributed by atoms with Crippen molar-refractivity contribution in [3.05, 3.63) is 0 Å². The maximum Gasteiger partial charge on any atom is 0.103 e. The minimum absolute atomic E-state index is 0.0775. The fourth-order valence-electron chi connectivity index (χ4n) is 1.24. The first-order chi connectivity index (χ1) is 4.61. The van der Waals surface area contributed by atoms with Gasteiger partial charge in [0, 0.05) is 10.8 Å². The van der Waals surface area contributed by atoms with Crippen LogP contribution in [0.15, 0.2) is 0 Å². The van der Waals surface area contributed by atoms with Crippen molar-refractivity contribution in [3.63, 3.8) is 0 Å². The van der Waals surface area contributed by atoms with Crippen LogP contribution in [0.1, 0.15) is 19.8 Å². The van der Waals surface area contributed by atoms with E-state index >= 15 is 0 Å². The summed E-state index contributed by atoms with van der Waals surface area (Å²) in [5, 5.41) is -0.155. The van der Waals surface area contributed by atoms with Gasteiger partial charge < -0.3 is 0 Å². The zero-order valence-corrected chi connectivity index (χ0v) is 7.37. The Bertz CT molecular complexity index is 106. The first-order valence-corrected chi connectivity index (χ1v) is 4.40. The van der Waals surface area contributed by atoms with Gasteiger partial charge in [-0.3, -0.25) is 0 Å². The second kappa shape index (κ2) is 3.27. The Balaban J connectivity index is 2.49. The highest BCUT2D eigenvalue weighted by atomic mass is 35.5. The van der Waals surface area contributed by atoms with Gasteiger partial charge in [0.15, 0.2) is 0 Å². The molecule has 1 fully saturated rings. The lowest BCUT2D eigenvalue weighted by atomic mass is 9.89. The smallest absolute Gasteiger partial charge is 0.103 e. The van der Waals surface area contributed by atoms with Gasteiger partial charge in [0.25, 0.3) is 0 Å². The summed E-state index contributed by atoms with van der Waals surface area (Å²) in [6.45, 7) is 1.97. The zero-order chi connectivity index (χ0) is 7.72. The Morgan fingerprint density at radius 2 is 1.60 bits per heavy atom. The van der Waals surface area contributed by atoms with Crippen molar-refractivity contribution in [2.45, 2.75) is 36.7 Å². The molecule has 0 saturated heterocycles. The van der Waals surface area contributed by atoms with E-state index in [-0.39, 0.29) is 16.7 Å². The molecule has 0 aromatic heterocycles. The molecule has 10 heavy (non-hydrogen) atoms. The molecule has 1 aliphatic rings. The van der Waals surface area contributed by atoms with Gasteiger partial charge in [-0.05, 0) is 18.8 Å². The first-order valence-electron chi connectivity index (χ1n) is 3.53. The highest BCUT2D eigenvalue weighted by Crippen LogP contribution is 2.33. The van der Waals surface area contributed by atoms with E-state index in [0.717, 1.165) is 0 Å². The van der Waals surface area contributed by atoms with Gasteiger partial charge in [-0.2, -0.15) is 0 Å². The van der Waals surface area contributed by atoms with Crippen molar-refractivity contribution in [1.29, 1.82) is 0 Å². The third-order valence-electron chi connectivity index (χ3n) is 2.10. The third-order valence-corrected chi connectivity index (χ3v) is 3.25. The van der Waals surface area contributed by atoms with Crippen LogP contribution in [0.3, 0.4) is 0 Å². The molecule has 3 heteroatoms. The molecule has 60 valence electrons. The number of hydrogen-bond acceptors (Lipinski definition) is 0. The van der Waals surface area contributed by atoms with Gasteiger partial charge >= 0.3 is 0 Å². The molecule has 0 spiro atoms. The van der Waals surface area contributed by atoms with Crippen molar-refractivity contribution in [3.8, 4) is 0 Å². The summed E-state index contributed by atoms with van der Waals surface area (Å²) >= 11 is 11.7. The summed E-state index contributed by atoms with van der Waals surface area (Å²) in [6, 6.07) is 0. The molecule has 0 aliphatic heterocycles. The van der Waals surface area contributed by atoms with E-state index in [1.54, 1.807) is 0 Å². The Hall–Kier alpha value is 0.510. The molecule has 0 amide bonds. The first kappa shape index (κ1) is 8.61. The molecule has 0 radical (unpaired) electrons. The van der Waals surface area contributed by atoms with E-state index in [4.69, 9.17) is 23.2 Å². The van der Waals surface area contributed by atoms with Gasteiger partial charge in [-0.15, -0.1) is 23.2 Å². The third kappa shape index (κ3) is 1.76. The molecule has 0 aromatic carbocycles. The molecular formula is C7H11Cl2F. The predicted molar refractivity (Wildman–Crippen MR) is 42.6 cm³/mol. The second-order valence-electron chi connectivity index (χ2n) is 2.96. The normalized spacial score (nSPS) is 49.2. The minimum Gasteiger partial charge on any atom is -0.247 e. The molecule has 0 aromatic rings. The number of hydrogen-bond donors (Lipinski definition) is 0. The van der Waals surface area contributed by atoms with Crippen molar-refractivity contribution in [2.24, 2.45) is 5.92 Å². The summed E-state index contributed by atoms with van der Waals surface area (Å²) in [4.78, 5) is 0. The second-order valence-corrected chi connectivity index (χ2v) is 4.08. The Kier molecular flexibility index (Phi) is 2.81. The van der Waals surface area contributed by atoms with Gasteiger partial charge in [0.1, 0.15) is 6.17 Å². The fraction of sp³-hybridized carbons (Fsp3) is 1.00. The molecule has 0 heterocycles. The fourth-order valence-corrected chi connectivity index (χ4v) is 2.05. The van der Waals surface area contributed by atoms with Crippen LogP contribution in [-0.2, 0) is 0 Å². The van der Waals surface area contributed by atoms with Crippen molar-refractivity contribution < 1.29 is 4.39 Å². The van der Waals surface area contributed by atoms with E-state index in [9.17, 15) is 4.39 Å². The van der Waals surface area contributed by atoms with Crippen molar-refractivity contribution >= 4 is 23.2 Å². The maximum absolute atomic E-state index is 12.7. The summed E-state index contributed by atoms with van der Waals surface area (Å²) in [6.07, 6.45) is 0.138. The van der Waals surface area contributed by atoms with Crippen LogP contribution in [0.2, 0.25) is 0 Å². The lowest BCUT2D eigenvalue weighted by molar-refractivity contribution is 0.223. The lowest BCUT2D eigenvalue weighted by Crippen LogP contribution is -2.33. The standard InChI is InChI=1S/C7H11Cl2F/c1-4-6(8)2-5(10)3-7(4)9/h4-7H,2-3H2,1H3. The van der Waals surface area contributed by atoms with Crippen LogP contribution in [-0.4, -0.2) is 16.9 Å². The molecule has 2 unspecified atom stereocenters. The Morgan fingerprint density at radius 3 is 2.00 bits per heavy atom. The van der Waals surface area contributed by atoms with E-state index in [1.807, 2.05) is 6.92 Å². The molecule has 2 atom stereocenters. The van der Waals surface area contributed by atoms with Crippen LogP contribution < -0.4 is 0 Å². The summed E-state index contributed by atoms with van der Waals surface area (Å²) in [5.41, 5.74) is 0. The minimum atomic E-state index is -0.791. The monoisotopic (exact) mass is 184 g/mol. The van der Waals surface area contributed by atoms with Crippen LogP contribution >= 0.6 is 23.2 Å². The average Bonchev–Trinajstić information content (AvgIpc) is 1.82. The molecule has 0 bridgehead atoms. The van der Waals surface area contributed by atoms with E-state index in [0.29, 0.717) is 12.8 Å². The number of halogens is 3. The van der Waals surface area contributed by atoms with Crippen molar-refractivity contribution in [2.75, 3.05) is 0 Å². The van der Waals surface area contributed by atoms with Crippen LogP contribution in [0, 0.1) is 5.92 Å². The predicted octanol–water partition coefficient (Wildman–Crippen LogP) is 2.97. The summed E-state index contributed by atoms with van der Waals surface area (Å²) < 4.78 is 12.7. The zero-order valence-electron chi connectivity index (χ0n) is 5.86. The summed E-state index contributed by atoms with van der Waals surface area (Å²) in [7, 11) is 0. The van der Waals surface area contributed by atoms with Gasteiger partial charge in [-0.25, -0.2) is 4.39 Å². The van der Waals surface area contributed by atoms with Crippen LogP contribution in [0.5, 0.6) is 0 Å². The maximum atomic E-state index is 12.7. The van der Waals surface area contributed by atoms with Crippen LogP contribution in [0.4, 0.5) is 4.39 Å². The Labute approximate surface area is 70.7 Å². The highest BCUT2D eigenvalue weighted by molar-refractivity contribution is 6.24.